The van der Waals surface area contributed by atoms with Crippen molar-refractivity contribution in [2.45, 2.75) is 57.7 Å². The number of hydrogen-bond acceptors (Lipinski definition) is 4. The molecule has 4 nitrogen and oxygen atoms in total. The van der Waals surface area contributed by atoms with Gasteiger partial charge in [0.25, 0.3) is 0 Å². The van der Waals surface area contributed by atoms with Crippen LogP contribution in [-0.2, 0) is 14.3 Å². The quantitative estimate of drug-likeness (QED) is 0.712. The summed E-state index contributed by atoms with van der Waals surface area (Å²) >= 11 is 0. The number of esters is 1. The second-order valence-electron chi connectivity index (χ2n) is 6.21. The standard InChI is InChI=1S/C13H23NO3/c1-12(2,3)17-11(15)10-4-6-13(7-5-10)8-14-9-16-13/h10,14H,4-9H2,1-3H3. The van der Waals surface area contributed by atoms with Crippen LogP contribution < -0.4 is 5.32 Å². The van der Waals surface area contributed by atoms with Gasteiger partial charge in [-0.1, -0.05) is 0 Å². The molecule has 2 aliphatic rings. The van der Waals surface area contributed by atoms with Gasteiger partial charge in [0.2, 0.25) is 0 Å². The number of carbonyl (C=O) groups excluding carboxylic acids is 1. The molecule has 1 spiro atoms. The fourth-order valence-electron chi connectivity index (χ4n) is 2.62. The fraction of sp³-hybridized carbons (Fsp3) is 0.923. The number of carbonyl (C=O) groups is 1. The van der Waals surface area contributed by atoms with Crippen molar-refractivity contribution < 1.29 is 14.3 Å². The van der Waals surface area contributed by atoms with E-state index in [1.54, 1.807) is 0 Å². The molecule has 1 N–H and O–H groups in total. The minimum Gasteiger partial charge on any atom is -0.460 e. The average Bonchev–Trinajstić information content (AvgIpc) is 2.65. The van der Waals surface area contributed by atoms with Crippen LogP contribution in [0.2, 0.25) is 0 Å². The van der Waals surface area contributed by atoms with Crippen molar-refractivity contribution in [2.24, 2.45) is 5.92 Å². The van der Waals surface area contributed by atoms with E-state index in [1.165, 1.54) is 0 Å². The summed E-state index contributed by atoms with van der Waals surface area (Å²) in [6, 6.07) is 0. The predicted molar refractivity (Wildman–Crippen MR) is 64.5 cm³/mol. The van der Waals surface area contributed by atoms with Gasteiger partial charge in [0.1, 0.15) is 5.60 Å². The second kappa shape index (κ2) is 4.58. The molecule has 0 aromatic carbocycles. The Morgan fingerprint density at radius 2 is 2.00 bits per heavy atom. The van der Waals surface area contributed by atoms with Gasteiger partial charge in [0, 0.05) is 6.54 Å². The monoisotopic (exact) mass is 241 g/mol. The highest BCUT2D eigenvalue weighted by Gasteiger charge is 2.41. The fourth-order valence-corrected chi connectivity index (χ4v) is 2.62. The summed E-state index contributed by atoms with van der Waals surface area (Å²) in [6.45, 7) is 7.32. The van der Waals surface area contributed by atoms with Gasteiger partial charge in [-0.05, 0) is 46.5 Å². The lowest BCUT2D eigenvalue weighted by Gasteiger charge is -2.35. The molecule has 4 heteroatoms. The smallest absolute Gasteiger partial charge is 0.309 e. The van der Waals surface area contributed by atoms with Crippen molar-refractivity contribution in [1.29, 1.82) is 0 Å². The Morgan fingerprint density at radius 1 is 1.35 bits per heavy atom. The Labute approximate surface area is 103 Å². The summed E-state index contributed by atoms with van der Waals surface area (Å²) in [7, 11) is 0. The molecule has 0 aromatic rings. The van der Waals surface area contributed by atoms with E-state index in [-0.39, 0.29) is 23.1 Å². The van der Waals surface area contributed by atoms with Crippen LogP contribution in [0.5, 0.6) is 0 Å². The molecule has 2 rings (SSSR count). The first kappa shape index (κ1) is 12.8. The van der Waals surface area contributed by atoms with Crippen molar-refractivity contribution in [3.8, 4) is 0 Å². The lowest BCUT2D eigenvalue weighted by atomic mass is 9.79. The molecular weight excluding hydrogens is 218 g/mol. The van der Waals surface area contributed by atoms with E-state index < -0.39 is 0 Å². The van der Waals surface area contributed by atoms with Crippen molar-refractivity contribution in [2.75, 3.05) is 13.3 Å². The molecule has 1 saturated carbocycles. The predicted octanol–water partition coefficient (Wildman–Crippen LogP) is 1.83. The summed E-state index contributed by atoms with van der Waals surface area (Å²) in [5.41, 5.74) is -0.379. The summed E-state index contributed by atoms with van der Waals surface area (Å²) < 4.78 is 11.2. The summed E-state index contributed by atoms with van der Waals surface area (Å²) in [5.74, 6) is 0.0161. The Hall–Kier alpha value is -0.610. The lowest BCUT2D eigenvalue weighted by molar-refractivity contribution is -0.163. The van der Waals surface area contributed by atoms with Crippen molar-refractivity contribution in [3.05, 3.63) is 0 Å². The van der Waals surface area contributed by atoms with Crippen LogP contribution in [0.15, 0.2) is 0 Å². The maximum Gasteiger partial charge on any atom is 0.309 e. The molecule has 1 aliphatic carbocycles. The van der Waals surface area contributed by atoms with Gasteiger partial charge in [0.05, 0.1) is 18.2 Å². The van der Waals surface area contributed by atoms with Gasteiger partial charge in [-0.2, -0.15) is 0 Å². The van der Waals surface area contributed by atoms with Crippen LogP contribution in [0.25, 0.3) is 0 Å². The molecule has 0 amide bonds. The third-order valence-corrected chi connectivity index (χ3v) is 3.56. The summed E-state index contributed by atoms with van der Waals surface area (Å²) in [4.78, 5) is 11.9. The van der Waals surface area contributed by atoms with Crippen LogP contribution in [0.4, 0.5) is 0 Å². The average molecular weight is 241 g/mol. The van der Waals surface area contributed by atoms with E-state index in [0.717, 1.165) is 32.2 Å². The maximum absolute atomic E-state index is 11.9. The van der Waals surface area contributed by atoms with Gasteiger partial charge in [-0.3, -0.25) is 10.1 Å². The van der Waals surface area contributed by atoms with Gasteiger partial charge in [-0.25, -0.2) is 0 Å². The largest absolute Gasteiger partial charge is 0.460 e. The number of ether oxygens (including phenoxy) is 2. The molecule has 98 valence electrons. The van der Waals surface area contributed by atoms with E-state index in [0.29, 0.717) is 6.73 Å². The Morgan fingerprint density at radius 3 is 2.47 bits per heavy atom. The van der Waals surface area contributed by atoms with Crippen LogP contribution >= 0.6 is 0 Å². The van der Waals surface area contributed by atoms with Crippen LogP contribution in [0, 0.1) is 5.92 Å². The van der Waals surface area contributed by atoms with Crippen molar-refractivity contribution in [1.82, 2.24) is 5.32 Å². The molecule has 0 bridgehead atoms. The zero-order valence-corrected chi connectivity index (χ0v) is 11.0. The minimum atomic E-state index is -0.377. The highest BCUT2D eigenvalue weighted by atomic mass is 16.6. The van der Waals surface area contributed by atoms with E-state index in [2.05, 4.69) is 5.32 Å². The third kappa shape index (κ3) is 3.19. The van der Waals surface area contributed by atoms with Gasteiger partial charge < -0.3 is 9.47 Å². The van der Waals surface area contributed by atoms with E-state index in [4.69, 9.17) is 9.47 Å². The third-order valence-electron chi connectivity index (χ3n) is 3.56. The SMILES string of the molecule is CC(C)(C)OC(=O)C1CCC2(CC1)CNCO2. The molecule has 0 radical (unpaired) electrons. The molecule has 0 unspecified atom stereocenters. The molecule has 0 atom stereocenters. The summed E-state index contributed by atoms with van der Waals surface area (Å²) in [5, 5.41) is 3.23. The van der Waals surface area contributed by atoms with Gasteiger partial charge >= 0.3 is 5.97 Å². The first-order chi connectivity index (χ1) is 7.90. The number of nitrogens with one attached hydrogen (secondary N) is 1. The Balaban J connectivity index is 1.84. The zero-order valence-electron chi connectivity index (χ0n) is 11.0. The van der Waals surface area contributed by atoms with Gasteiger partial charge in [0.15, 0.2) is 0 Å². The molecule has 1 aliphatic heterocycles. The molecule has 17 heavy (non-hydrogen) atoms. The summed E-state index contributed by atoms with van der Waals surface area (Å²) in [6.07, 6.45) is 3.70. The number of rotatable bonds is 1. The first-order valence-electron chi connectivity index (χ1n) is 6.48. The minimum absolute atomic E-state index is 0.00148. The topological polar surface area (TPSA) is 47.6 Å². The molecular formula is C13H23NO3. The molecule has 1 saturated heterocycles. The maximum atomic E-state index is 11.9. The van der Waals surface area contributed by atoms with Crippen LogP contribution in [0.3, 0.4) is 0 Å². The van der Waals surface area contributed by atoms with E-state index in [9.17, 15) is 4.79 Å². The van der Waals surface area contributed by atoms with Crippen LogP contribution in [-0.4, -0.2) is 30.4 Å². The lowest BCUT2D eigenvalue weighted by Crippen LogP contribution is -2.40. The van der Waals surface area contributed by atoms with E-state index >= 15 is 0 Å². The number of hydrogen-bond donors (Lipinski definition) is 1. The zero-order chi connectivity index (χ0) is 12.5. The highest BCUT2D eigenvalue weighted by Crippen LogP contribution is 2.37. The first-order valence-corrected chi connectivity index (χ1v) is 6.48. The molecule has 0 aromatic heterocycles. The molecule has 1 heterocycles. The van der Waals surface area contributed by atoms with Crippen molar-refractivity contribution >= 4 is 5.97 Å². The Kier molecular flexibility index (Phi) is 3.46. The normalized spacial score (nSPS) is 33.9. The van der Waals surface area contributed by atoms with E-state index in [1.807, 2.05) is 20.8 Å². The second-order valence-corrected chi connectivity index (χ2v) is 6.21. The van der Waals surface area contributed by atoms with Crippen molar-refractivity contribution in [3.63, 3.8) is 0 Å². The van der Waals surface area contributed by atoms with Gasteiger partial charge in [-0.15, -0.1) is 0 Å². The van der Waals surface area contributed by atoms with Crippen LogP contribution in [0.1, 0.15) is 46.5 Å². The highest BCUT2D eigenvalue weighted by molar-refractivity contribution is 5.73. The molecule has 2 fully saturated rings. The Bertz CT molecular complexity index is 280.